The highest BCUT2D eigenvalue weighted by molar-refractivity contribution is 5.96. The van der Waals surface area contributed by atoms with Crippen LogP contribution in [0.15, 0.2) is 42.5 Å². The van der Waals surface area contributed by atoms with E-state index < -0.39 is 5.97 Å². The van der Waals surface area contributed by atoms with Gasteiger partial charge in [-0.1, -0.05) is 6.92 Å². The molecule has 0 amide bonds. The van der Waals surface area contributed by atoms with Gasteiger partial charge in [0.15, 0.2) is 17.3 Å². The van der Waals surface area contributed by atoms with E-state index in [2.05, 4.69) is 0 Å². The molecule has 118 valence electrons. The number of benzene rings is 2. The molecule has 0 fully saturated rings. The van der Waals surface area contributed by atoms with Gasteiger partial charge in [0.1, 0.15) is 19.0 Å². The second-order valence-corrected chi connectivity index (χ2v) is 5.05. The van der Waals surface area contributed by atoms with Crippen LogP contribution in [-0.4, -0.2) is 25.0 Å². The highest BCUT2D eigenvalue weighted by atomic mass is 16.6. The molecule has 0 unspecified atom stereocenters. The van der Waals surface area contributed by atoms with E-state index in [4.69, 9.17) is 14.2 Å². The minimum absolute atomic E-state index is 0.0507. The van der Waals surface area contributed by atoms with E-state index in [1.807, 2.05) is 0 Å². The van der Waals surface area contributed by atoms with Crippen molar-refractivity contribution in [2.24, 2.45) is 0 Å². The van der Waals surface area contributed by atoms with Crippen molar-refractivity contribution in [3.63, 3.8) is 0 Å². The molecule has 1 aliphatic rings. The van der Waals surface area contributed by atoms with Crippen molar-refractivity contribution in [2.75, 3.05) is 13.2 Å². The second-order valence-electron chi connectivity index (χ2n) is 5.05. The third-order valence-electron chi connectivity index (χ3n) is 3.49. The van der Waals surface area contributed by atoms with Crippen molar-refractivity contribution in [3.05, 3.63) is 53.6 Å². The van der Waals surface area contributed by atoms with Crippen LogP contribution in [0.25, 0.3) is 0 Å². The van der Waals surface area contributed by atoms with Gasteiger partial charge in [0.25, 0.3) is 0 Å². The molecule has 5 nitrogen and oxygen atoms in total. The summed E-state index contributed by atoms with van der Waals surface area (Å²) < 4.78 is 16.2. The molecule has 2 aromatic rings. The van der Waals surface area contributed by atoms with Crippen molar-refractivity contribution in [3.8, 4) is 17.2 Å². The third kappa shape index (κ3) is 3.34. The summed E-state index contributed by atoms with van der Waals surface area (Å²) in [5, 5.41) is 0. The summed E-state index contributed by atoms with van der Waals surface area (Å²) in [5.41, 5.74) is 0.981. The number of Topliss-reactive ketones (excluding diaryl/α,β-unsaturated/α-hetero) is 1. The van der Waals surface area contributed by atoms with Crippen LogP contribution in [0.2, 0.25) is 0 Å². The van der Waals surface area contributed by atoms with Gasteiger partial charge < -0.3 is 14.2 Å². The van der Waals surface area contributed by atoms with Crippen molar-refractivity contribution >= 4 is 11.8 Å². The Morgan fingerprint density at radius 3 is 2.30 bits per heavy atom. The molecule has 23 heavy (non-hydrogen) atoms. The van der Waals surface area contributed by atoms with E-state index in [-0.39, 0.29) is 5.78 Å². The maximum Gasteiger partial charge on any atom is 0.343 e. The molecule has 0 N–H and O–H groups in total. The van der Waals surface area contributed by atoms with Crippen LogP contribution in [0, 0.1) is 0 Å². The number of hydrogen-bond donors (Lipinski definition) is 0. The van der Waals surface area contributed by atoms with Crippen LogP contribution in [0.5, 0.6) is 17.2 Å². The van der Waals surface area contributed by atoms with Gasteiger partial charge in [0.2, 0.25) is 0 Å². The topological polar surface area (TPSA) is 61.8 Å². The Morgan fingerprint density at radius 1 is 0.957 bits per heavy atom. The van der Waals surface area contributed by atoms with Crippen molar-refractivity contribution in [1.29, 1.82) is 0 Å². The fourth-order valence-corrected chi connectivity index (χ4v) is 2.25. The van der Waals surface area contributed by atoms with Crippen LogP contribution >= 0.6 is 0 Å². The summed E-state index contributed by atoms with van der Waals surface area (Å²) in [6, 6.07) is 11.4. The lowest BCUT2D eigenvalue weighted by molar-refractivity contribution is 0.0733. The van der Waals surface area contributed by atoms with Crippen LogP contribution in [0.4, 0.5) is 0 Å². The van der Waals surface area contributed by atoms with Crippen molar-refractivity contribution < 1.29 is 23.8 Å². The van der Waals surface area contributed by atoms with Gasteiger partial charge in [-0.2, -0.15) is 0 Å². The summed E-state index contributed by atoms with van der Waals surface area (Å²) in [6.45, 7) is 2.76. The first-order valence-corrected chi connectivity index (χ1v) is 7.42. The zero-order valence-electron chi connectivity index (χ0n) is 12.7. The lowest BCUT2D eigenvalue weighted by Gasteiger charge is -2.18. The molecule has 3 rings (SSSR count). The molecule has 1 heterocycles. The second kappa shape index (κ2) is 6.52. The largest absolute Gasteiger partial charge is 0.486 e. The number of hydrogen-bond acceptors (Lipinski definition) is 5. The van der Waals surface area contributed by atoms with Crippen molar-refractivity contribution in [1.82, 2.24) is 0 Å². The molecule has 5 heteroatoms. The summed E-state index contributed by atoms with van der Waals surface area (Å²) in [7, 11) is 0. The van der Waals surface area contributed by atoms with E-state index in [1.54, 1.807) is 49.4 Å². The lowest BCUT2D eigenvalue weighted by atomic mass is 10.1. The minimum Gasteiger partial charge on any atom is -0.486 e. The van der Waals surface area contributed by atoms with E-state index in [0.717, 1.165) is 0 Å². The fourth-order valence-electron chi connectivity index (χ4n) is 2.25. The van der Waals surface area contributed by atoms with E-state index in [1.165, 1.54) is 0 Å². The monoisotopic (exact) mass is 312 g/mol. The molecular formula is C18H16O5. The van der Waals surface area contributed by atoms with E-state index in [9.17, 15) is 9.59 Å². The van der Waals surface area contributed by atoms with E-state index in [0.29, 0.717) is 48.0 Å². The summed E-state index contributed by atoms with van der Waals surface area (Å²) in [6.07, 6.45) is 0.441. The Bertz CT molecular complexity index is 734. The number of esters is 1. The number of rotatable bonds is 4. The Labute approximate surface area is 133 Å². The smallest absolute Gasteiger partial charge is 0.343 e. The molecule has 0 aromatic heterocycles. The fraction of sp³-hybridized carbons (Fsp3) is 0.222. The van der Waals surface area contributed by atoms with Gasteiger partial charge in [-0.15, -0.1) is 0 Å². The number of carbonyl (C=O) groups is 2. The molecule has 0 saturated carbocycles. The zero-order chi connectivity index (χ0) is 16.2. The summed E-state index contributed by atoms with van der Waals surface area (Å²) in [5.74, 6) is 1.11. The first-order valence-electron chi connectivity index (χ1n) is 7.42. The van der Waals surface area contributed by atoms with E-state index >= 15 is 0 Å². The standard InChI is InChI=1S/C18H16O5/c1-2-15(19)12-3-6-14(7-4-12)23-18(20)13-5-8-16-17(11-13)22-10-9-21-16/h3-8,11H,2,9-10H2,1H3. The molecule has 2 aromatic carbocycles. The molecule has 0 bridgehead atoms. The predicted molar refractivity (Wildman–Crippen MR) is 83.5 cm³/mol. The van der Waals surface area contributed by atoms with Gasteiger partial charge >= 0.3 is 5.97 Å². The van der Waals surface area contributed by atoms with Gasteiger partial charge in [-0.05, 0) is 42.5 Å². The number of carbonyl (C=O) groups excluding carboxylic acids is 2. The number of ether oxygens (including phenoxy) is 3. The Kier molecular flexibility index (Phi) is 4.28. The van der Waals surface area contributed by atoms with Gasteiger partial charge in [0, 0.05) is 12.0 Å². The number of fused-ring (bicyclic) bond motifs is 1. The zero-order valence-corrected chi connectivity index (χ0v) is 12.7. The SMILES string of the molecule is CCC(=O)c1ccc(OC(=O)c2ccc3c(c2)OCCO3)cc1. The Morgan fingerprint density at radius 2 is 1.61 bits per heavy atom. The highest BCUT2D eigenvalue weighted by Crippen LogP contribution is 2.31. The first kappa shape index (κ1) is 15.1. The predicted octanol–water partition coefficient (Wildman–Crippen LogP) is 3.27. The van der Waals surface area contributed by atoms with Gasteiger partial charge in [-0.25, -0.2) is 4.79 Å². The normalized spacial score (nSPS) is 12.6. The highest BCUT2D eigenvalue weighted by Gasteiger charge is 2.16. The molecule has 0 radical (unpaired) electrons. The minimum atomic E-state index is -0.489. The summed E-state index contributed by atoms with van der Waals surface area (Å²) >= 11 is 0. The molecule has 1 aliphatic heterocycles. The van der Waals surface area contributed by atoms with Gasteiger partial charge in [0.05, 0.1) is 5.56 Å². The molecule has 0 saturated heterocycles. The Balaban J connectivity index is 1.72. The van der Waals surface area contributed by atoms with Crippen LogP contribution in [0.1, 0.15) is 34.1 Å². The van der Waals surface area contributed by atoms with Crippen LogP contribution < -0.4 is 14.2 Å². The average Bonchev–Trinajstić information content (AvgIpc) is 2.61. The van der Waals surface area contributed by atoms with Crippen LogP contribution in [-0.2, 0) is 0 Å². The quantitative estimate of drug-likeness (QED) is 0.492. The van der Waals surface area contributed by atoms with Crippen LogP contribution in [0.3, 0.4) is 0 Å². The molecule has 0 atom stereocenters. The Hall–Kier alpha value is -2.82. The molecule has 0 aliphatic carbocycles. The first-order chi connectivity index (χ1) is 11.2. The van der Waals surface area contributed by atoms with Crippen molar-refractivity contribution in [2.45, 2.75) is 13.3 Å². The van der Waals surface area contributed by atoms with Gasteiger partial charge in [-0.3, -0.25) is 4.79 Å². The maximum atomic E-state index is 12.2. The average molecular weight is 312 g/mol. The maximum absolute atomic E-state index is 12.2. The lowest BCUT2D eigenvalue weighted by Crippen LogP contribution is -2.16. The number of ketones is 1. The third-order valence-corrected chi connectivity index (χ3v) is 3.49. The summed E-state index contributed by atoms with van der Waals surface area (Å²) in [4.78, 5) is 23.8. The molecular weight excluding hydrogens is 296 g/mol. The molecule has 0 spiro atoms.